The molecule has 1 amide bonds. The minimum atomic E-state index is 0.201. The molecule has 0 radical (unpaired) electrons. The fourth-order valence-corrected chi connectivity index (χ4v) is 4.96. The number of hydrogen-bond donors (Lipinski definition) is 2. The van der Waals surface area contributed by atoms with Gasteiger partial charge in [-0.25, -0.2) is 0 Å². The molecule has 0 spiro atoms. The number of nitrogen functional groups attached to an aromatic ring is 1. The summed E-state index contributed by atoms with van der Waals surface area (Å²) in [6.07, 6.45) is 7.24. The number of benzene rings is 2. The van der Waals surface area contributed by atoms with Gasteiger partial charge in [-0.1, -0.05) is 42.8 Å². The van der Waals surface area contributed by atoms with Gasteiger partial charge in [0.05, 0.1) is 17.4 Å². The number of anilines is 2. The quantitative estimate of drug-likeness (QED) is 0.498. The van der Waals surface area contributed by atoms with E-state index >= 15 is 0 Å². The van der Waals surface area contributed by atoms with E-state index in [0.29, 0.717) is 6.42 Å². The van der Waals surface area contributed by atoms with E-state index in [4.69, 9.17) is 5.73 Å². The van der Waals surface area contributed by atoms with Crippen molar-refractivity contribution in [2.24, 2.45) is 0 Å². The Balaban J connectivity index is 1.10. The number of nitrogens with zero attached hydrogens (tertiary/aromatic N) is 2. The maximum Gasteiger partial charge on any atom is 0.220 e. The molecular weight excluding hydrogens is 384 g/mol. The smallest absolute Gasteiger partial charge is 0.220 e. The molecule has 1 unspecified atom stereocenters. The Morgan fingerprint density at radius 3 is 2.58 bits per heavy atom. The van der Waals surface area contributed by atoms with Crippen LogP contribution < -0.4 is 16.0 Å². The van der Waals surface area contributed by atoms with Crippen LogP contribution in [0.2, 0.25) is 0 Å². The molecule has 1 atom stereocenters. The van der Waals surface area contributed by atoms with Crippen LogP contribution in [-0.2, 0) is 11.2 Å². The van der Waals surface area contributed by atoms with Crippen LogP contribution in [0.5, 0.6) is 0 Å². The first-order valence-electron chi connectivity index (χ1n) is 11.9. The average molecular weight is 421 g/mol. The third kappa shape index (κ3) is 5.79. The van der Waals surface area contributed by atoms with Crippen LogP contribution in [0.1, 0.15) is 55.7 Å². The van der Waals surface area contributed by atoms with E-state index in [9.17, 15) is 4.79 Å². The molecule has 5 nitrogen and oxygen atoms in total. The lowest BCUT2D eigenvalue weighted by Crippen LogP contribution is -2.46. The van der Waals surface area contributed by atoms with Gasteiger partial charge >= 0.3 is 0 Å². The zero-order chi connectivity index (χ0) is 21.5. The second-order valence-corrected chi connectivity index (χ2v) is 8.91. The summed E-state index contributed by atoms with van der Waals surface area (Å²) in [4.78, 5) is 17.4. The zero-order valence-electron chi connectivity index (χ0n) is 18.6. The number of unbranched alkanes of at least 4 members (excludes halogenated alkanes) is 2. The van der Waals surface area contributed by atoms with E-state index in [1.807, 2.05) is 12.1 Å². The first-order valence-corrected chi connectivity index (χ1v) is 11.9. The van der Waals surface area contributed by atoms with Crippen LogP contribution >= 0.6 is 0 Å². The molecule has 1 aliphatic heterocycles. The SMILES string of the molecule is Nc1ccccc1N1CCN(CCCCCC(=O)NC2CCCc3ccccc32)CC1. The minimum absolute atomic E-state index is 0.201. The highest BCUT2D eigenvalue weighted by atomic mass is 16.1. The maximum atomic E-state index is 12.4. The van der Waals surface area contributed by atoms with Gasteiger partial charge in [0, 0.05) is 32.6 Å². The lowest BCUT2D eigenvalue weighted by Gasteiger charge is -2.36. The number of fused-ring (bicyclic) bond motifs is 1. The first kappa shape index (κ1) is 21.7. The van der Waals surface area contributed by atoms with Gasteiger partial charge in [0.1, 0.15) is 0 Å². The van der Waals surface area contributed by atoms with Gasteiger partial charge in [0.2, 0.25) is 5.91 Å². The van der Waals surface area contributed by atoms with Gasteiger partial charge in [-0.15, -0.1) is 0 Å². The van der Waals surface area contributed by atoms with Crippen molar-refractivity contribution in [3.63, 3.8) is 0 Å². The molecular formula is C26H36N4O. The summed E-state index contributed by atoms with van der Waals surface area (Å²) in [6, 6.07) is 16.9. The second kappa shape index (κ2) is 10.7. The molecule has 2 aromatic carbocycles. The number of amides is 1. The zero-order valence-corrected chi connectivity index (χ0v) is 18.6. The summed E-state index contributed by atoms with van der Waals surface area (Å²) in [5, 5.41) is 3.28. The van der Waals surface area contributed by atoms with E-state index < -0.39 is 0 Å². The third-order valence-electron chi connectivity index (χ3n) is 6.73. The van der Waals surface area contributed by atoms with Gasteiger partial charge < -0.3 is 16.0 Å². The number of piperazine rings is 1. The summed E-state index contributed by atoms with van der Waals surface area (Å²) < 4.78 is 0. The molecule has 4 rings (SSSR count). The minimum Gasteiger partial charge on any atom is -0.397 e. The topological polar surface area (TPSA) is 61.6 Å². The lowest BCUT2D eigenvalue weighted by molar-refractivity contribution is -0.122. The van der Waals surface area contributed by atoms with Crippen LogP contribution in [0.3, 0.4) is 0 Å². The van der Waals surface area contributed by atoms with Gasteiger partial charge in [-0.05, 0) is 61.9 Å². The van der Waals surface area contributed by atoms with Gasteiger partial charge in [0.25, 0.3) is 0 Å². The predicted molar refractivity (Wildman–Crippen MR) is 128 cm³/mol. The van der Waals surface area contributed by atoms with Gasteiger partial charge in [-0.2, -0.15) is 0 Å². The van der Waals surface area contributed by atoms with E-state index in [2.05, 4.69) is 51.5 Å². The van der Waals surface area contributed by atoms with Crippen molar-refractivity contribution in [3.05, 3.63) is 59.7 Å². The van der Waals surface area contributed by atoms with Crippen molar-refractivity contribution in [3.8, 4) is 0 Å². The number of aryl methyl sites for hydroxylation is 1. The van der Waals surface area contributed by atoms with Crippen LogP contribution in [0, 0.1) is 0 Å². The molecule has 3 N–H and O–H groups in total. The molecule has 166 valence electrons. The Bertz CT molecular complexity index is 860. The normalized spacial score (nSPS) is 19.1. The van der Waals surface area contributed by atoms with Crippen molar-refractivity contribution >= 4 is 17.3 Å². The van der Waals surface area contributed by atoms with Crippen molar-refractivity contribution < 1.29 is 4.79 Å². The molecule has 1 saturated heterocycles. The molecule has 2 aliphatic rings. The number of carbonyl (C=O) groups excluding carboxylic acids is 1. The van der Waals surface area contributed by atoms with Crippen molar-refractivity contribution in [2.45, 2.75) is 51.0 Å². The Kier molecular flexibility index (Phi) is 7.47. The highest BCUT2D eigenvalue weighted by molar-refractivity contribution is 5.76. The van der Waals surface area contributed by atoms with Gasteiger partial charge in [-0.3, -0.25) is 9.69 Å². The van der Waals surface area contributed by atoms with Crippen molar-refractivity contribution in [2.75, 3.05) is 43.4 Å². The monoisotopic (exact) mass is 420 g/mol. The Labute approximate surface area is 186 Å². The molecule has 1 heterocycles. The van der Waals surface area contributed by atoms with Crippen LogP contribution in [0.4, 0.5) is 11.4 Å². The summed E-state index contributed by atoms with van der Waals surface area (Å²) in [7, 11) is 0. The number of para-hydroxylation sites is 2. The molecule has 1 aliphatic carbocycles. The molecule has 0 bridgehead atoms. The molecule has 5 heteroatoms. The van der Waals surface area contributed by atoms with E-state index in [0.717, 1.165) is 82.6 Å². The Morgan fingerprint density at radius 1 is 0.968 bits per heavy atom. The van der Waals surface area contributed by atoms with Crippen LogP contribution in [0.15, 0.2) is 48.5 Å². The molecule has 2 aromatic rings. The molecule has 0 saturated carbocycles. The molecule has 0 aromatic heterocycles. The van der Waals surface area contributed by atoms with Crippen LogP contribution in [-0.4, -0.2) is 43.5 Å². The highest BCUT2D eigenvalue weighted by Crippen LogP contribution is 2.29. The fourth-order valence-electron chi connectivity index (χ4n) is 4.96. The third-order valence-corrected chi connectivity index (χ3v) is 6.73. The number of hydrogen-bond acceptors (Lipinski definition) is 4. The number of nitrogens with two attached hydrogens (primary N) is 1. The van der Waals surface area contributed by atoms with Gasteiger partial charge in [0.15, 0.2) is 0 Å². The Hall–Kier alpha value is -2.53. The van der Waals surface area contributed by atoms with Crippen molar-refractivity contribution in [1.29, 1.82) is 0 Å². The summed E-state index contributed by atoms with van der Waals surface area (Å²) in [5.41, 5.74) is 10.9. The van der Waals surface area contributed by atoms with E-state index in [1.54, 1.807) is 0 Å². The highest BCUT2D eigenvalue weighted by Gasteiger charge is 2.21. The number of rotatable bonds is 8. The largest absolute Gasteiger partial charge is 0.397 e. The average Bonchev–Trinajstić information content (AvgIpc) is 2.80. The van der Waals surface area contributed by atoms with Crippen LogP contribution in [0.25, 0.3) is 0 Å². The molecule has 1 fully saturated rings. The first-order chi connectivity index (χ1) is 15.2. The maximum absolute atomic E-state index is 12.4. The number of carbonyl (C=O) groups is 1. The lowest BCUT2D eigenvalue weighted by atomic mass is 9.87. The second-order valence-electron chi connectivity index (χ2n) is 8.91. The summed E-state index contributed by atoms with van der Waals surface area (Å²) >= 11 is 0. The Morgan fingerprint density at radius 2 is 1.74 bits per heavy atom. The molecule has 31 heavy (non-hydrogen) atoms. The van der Waals surface area contributed by atoms with Crippen molar-refractivity contribution in [1.82, 2.24) is 10.2 Å². The fraction of sp³-hybridized carbons (Fsp3) is 0.500. The number of nitrogens with one attached hydrogen (secondary N) is 1. The van der Waals surface area contributed by atoms with E-state index in [-0.39, 0.29) is 11.9 Å². The van der Waals surface area contributed by atoms with E-state index in [1.165, 1.54) is 11.1 Å². The summed E-state index contributed by atoms with van der Waals surface area (Å²) in [6.45, 7) is 5.33. The summed E-state index contributed by atoms with van der Waals surface area (Å²) in [5.74, 6) is 0.204. The predicted octanol–water partition coefficient (Wildman–Crippen LogP) is 4.15. The standard InChI is InChI=1S/C26H36N4O/c27-23-12-5-6-14-25(23)30-19-17-29(18-20-30)16-7-1-2-15-26(31)28-24-13-8-10-21-9-3-4-11-22(21)24/h3-6,9,11-12,14,24H,1-2,7-8,10,13,15-20,27H2,(H,28,31).